The summed E-state index contributed by atoms with van der Waals surface area (Å²) in [5, 5.41) is 3.80. The Labute approximate surface area is 149 Å². The van der Waals surface area contributed by atoms with E-state index < -0.39 is 0 Å². The first-order valence-corrected chi connectivity index (χ1v) is 8.89. The van der Waals surface area contributed by atoms with Crippen LogP contribution in [0.4, 0.5) is 0 Å². The lowest BCUT2D eigenvalue weighted by Gasteiger charge is -2.37. The summed E-state index contributed by atoms with van der Waals surface area (Å²) < 4.78 is 0. The smallest absolute Gasteiger partial charge is 0.0947 e. The van der Waals surface area contributed by atoms with Gasteiger partial charge in [0.25, 0.3) is 0 Å². The molecule has 122 valence electrons. The van der Waals surface area contributed by atoms with E-state index in [9.17, 15) is 0 Å². The molecule has 0 aliphatic carbocycles. The van der Waals surface area contributed by atoms with Gasteiger partial charge in [-0.1, -0.05) is 91.0 Å². The summed E-state index contributed by atoms with van der Waals surface area (Å²) in [5.74, 6) is 0.654. The molecule has 3 rings (SSSR count). The molecule has 0 bridgehead atoms. The lowest BCUT2D eigenvalue weighted by molar-refractivity contribution is 0.473. The summed E-state index contributed by atoms with van der Waals surface area (Å²) in [7, 11) is 0. The molecule has 0 unspecified atom stereocenters. The fraction of sp³-hybridized carbons (Fsp3) is 0.182. The molecule has 0 amide bonds. The molecular formula is C22H22ClN. The normalized spacial score (nSPS) is 11.4. The predicted octanol–water partition coefficient (Wildman–Crippen LogP) is 5.20. The summed E-state index contributed by atoms with van der Waals surface area (Å²) in [4.78, 5) is 0. The number of halogens is 1. The van der Waals surface area contributed by atoms with Crippen LogP contribution in [0.15, 0.2) is 91.0 Å². The SMILES string of the molecule is ClCCCNC(c1ccccc1)(c1ccccc1)c1ccccc1. The molecule has 0 fully saturated rings. The Morgan fingerprint density at radius 2 is 1.00 bits per heavy atom. The summed E-state index contributed by atoms with van der Waals surface area (Å²) in [6, 6.07) is 31.9. The second-order valence-electron chi connectivity index (χ2n) is 5.82. The zero-order valence-corrected chi connectivity index (χ0v) is 14.4. The summed E-state index contributed by atoms with van der Waals surface area (Å²) >= 11 is 5.93. The first-order chi connectivity index (χ1) is 11.9. The van der Waals surface area contributed by atoms with Crippen LogP contribution in [-0.4, -0.2) is 12.4 Å². The molecule has 0 aromatic heterocycles. The minimum Gasteiger partial charge on any atom is -0.300 e. The first-order valence-electron chi connectivity index (χ1n) is 8.35. The molecule has 1 nitrogen and oxygen atoms in total. The topological polar surface area (TPSA) is 12.0 Å². The Bertz CT molecular complexity index is 629. The van der Waals surface area contributed by atoms with E-state index in [1.54, 1.807) is 0 Å². The monoisotopic (exact) mass is 335 g/mol. The lowest BCUT2D eigenvalue weighted by atomic mass is 9.77. The molecule has 24 heavy (non-hydrogen) atoms. The van der Waals surface area contributed by atoms with E-state index in [0.717, 1.165) is 13.0 Å². The Hall–Kier alpha value is -2.09. The van der Waals surface area contributed by atoms with E-state index in [-0.39, 0.29) is 5.54 Å². The van der Waals surface area contributed by atoms with E-state index in [0.29, 0.717) is 5.88 Å². The lowest BCUT2D eigenvalue weighted by Crippen LogP contribution is -2.45. The fourth-order valence-electron chi connectivity index (χ4n) is 3.21. The van der Waals surface area contributed by atoms with Gasteiger partial charge in [0.1, 0.15) is 0 Å². The second-order valence-corrected chi connectivity index (χ2v) is 6.20. The van der Waals surface area contributed by atoms with Crippen LogP contribution >= 0.6 is 11.6 Å². The van der Waals surface area contributed by atoms with Crippen LogP contribution in [0.1, 0.15) is 23.1 Å². The van der Waals surface area contributed by atoms with Crippen molar-refractivity contribution in [1.29, 1.82) is 0 Å². The van der Waals surface area contributed by atoms with Gasteiger partial charge in [0.05, 0.1) is 5.54 Å². The maximum absolute atomic E-state index is 5.93. The van der Waals surface area contributed by atoms with Gasteiger partial charge in [-0.25, -0.2) is 0 Å². The van der Waals surface area contributed by atoms with Gasteiger partial charge in [0.15, 0.2) is 0 Å². The molecular weight excluding hydrogens is 314 g/mol. The van der Waals surface area contributed by atoms with Crippen molar-refractivity contribution in [3.05, 3.63) is 108 Å². The van der Waals surface area contributed by atoms with Crippen molar-refractivity contribution in [3.63, 3.8) is 0 Å². The van der Waals surface area contributed by atoms with E-state index in [2.05, 4.69) is 96.3 Å². The van der Waals surface area contributed by atoms with Crippen molar-refractivity contribution in [2.75, 3.05) is 12.4 Å². The van der Waals surface area contributed by atoms with Gasteiger partial charge in [-0.05, 0) is 29.7 Å². The van der Waals surface area contributed by atoms with E-state index in [4.69, 9.17) is 11.6 Å². The van der Waals surface area contributed by atoms with Crippen LogP contribution in [0.3, 0.4) is 0 Å². The molecule has 0 radical (unpaired) electrons. The third-order valence-electron chi connectivity index (χ3n) is 4.32. The molecule has 0 spiro atoms. The highest BCUT2D eigenvalue weighted by molar-refractivity contribution is 6.17. The van der Waals surface area contributed by atoms with Crippen LogP contribution in [0.5, 0.6) is 0 Å². The quantitative estimate of drug-likeness (QED) is 0.355. The molecule has 3 aromatic carbocycles. The number of alkyl halides is 1. The van der Waals surface area contributed by atoms with Crippen LogP contribution in [0.2, 0.25) is 0 Å². The van der Waals surface area contributed by atoms with Crippen LogP contribution in [0, 0.1) is 0 Å². The molecule has 0 aliphatic heterocycles. The van der Waals surface area contributed by atoms with Crippen molar-refractivity contribution in [2.24, 2.45) is 0 Å². The molecule has 0 atom stereocenters. The maximum Gasteiger partial charge on any atom is 0.0947 e. The van der Waals surface area contributed by atoms with Crippen molar-refractivity contribution in [3.8, 4) is 0 Å². The minimum atomic E-state index is -0.379. The van der Waals surface area contributed by atoms with Crippen LogP contribution in [0.25, 0.3) is 0 Å². The molecule has 1 N–H and O–H groups in total. The Morgan fingerprint density at radius 1 is 0.625 bits per heavy atom. The molecule has 0 saturated heterocycles. The molecule has 0 heterocycles. The third kappa shape index (κ3) is 3.38. The van der Waals surface area contributed by atoms with Crippen LogP contribution in [-0.2, 0) is 5.54 Å². The molecule has 0 aliphatic rings. The highest BCUT2D eigenvalue weighted by Gasteiger charge is 2.35. The minimum absolute atomic E-state index is 0.379. The molecule has 3 aromatic rings. The largest absolute Gasteiger partial charge is 0.300 e. The third-order valence-corrected chi connectivity index (χ3v) is 4.59. The number of hydrogen-bond donors (Lipinski definition) is 1. The van der Waals surface area contributed by atoms with Crippen molar-refractivity contribution < 1.29 is 0 Å². The summed E-state index contributed by atoms with van der Waals surface area (Å²) in [5.41, 5.74) is 3.32. The average Bonchev–Trinajstić information content (AvgIpc) is 2.68. The van der Waals surface area contributed by atoms with Gasteiger partial charge in [0.2, 0.25) is 0 Å². The van der Waals surface area contributed by atoms with E-state index >= 15 is 0 Å². The Kier molecular flexibility index (Phi) is 5.68. The fourth-order valence-corrected chi connectivity index (χ4v) is 3.35. The summed E-state index contributed by atoms with van der Waals surface area (Å²) in [6.07, 6.45) is 0.926. The van der Waals surface area contributed by atoms with Gasteiger partial charge in [-0.2, -0.15) is 0 Å². The maximum atomic E-state index is 5.93. The Balaban J connectivity index is 2.20. The highest BCUT2D eigenvalue weighted by Crippen LogP contribution is 2.36. The highest BCUT2D eigenvalue weighted by atomic mass is 35.5. The zero-order chi connectivity index (χ0) is 16.7. The number of hydrogen-bond acceptors (Lipinski definition) is 1. The van der Waals surface area contributed by atoms with E-state index in [1.165, 1.54) is 16.7 Å². The van der Waals surface area contributed by atoms with Gasteiger partial charge < -0.3 is 0 Å². The van der Waals surface area contributed by atoms with E-state index in [1.807, 2.05) is 0 Å². The number of nitrogens with one attached hydrogen (secondary N) is 1. The van der Waals surface area contributed by atoms with Crippen LogP contribution < -0.4 is 5.32 Å². The van der Waals surface area contributed by atoms with Gasteiger partial charge in [-0.15, -0.1) is 11.6 Å². The zero-order valence-electron chi connectivity index (χ0n) is 13.7. The first kappa shape index (κ1) is 16.8. The average molecular weight is 336 g/mol. The number of rotatable bonds is 7. The van der Waals surface area contributed by atoms with Crippen molar-refractivity contribution in [1.82, 2.24) is 5.32 Å². The van der Waals surface area contributed by atoms with Crippen molar-refractivity contribution in [2.45, 2.75) is 12.0 Å². The number of benzene rings is 3. The molecule has 0 saturated carbocycles. The predicted molar refractivity (Wildman–Crippen MR) is 103 cm³/mol. The standard InChI is InChI=1S/C22H22ClN/c23-17-10-18-24-22(19-11-4-1-5-12-19,20-13-6-2-7-14-20)21-15-8-3-9-16-21/h1-9,11-16,24H,10,17-18H2. The van der Waals surface area contributed by atoms with Gasteiger partial charge >= 0.3 is 0 Å². The second kappa shape index (κ2) is 8.14. The summed E-state index contributed by atoms with van der Waals surface area (Å²) in [6.45, 7) is 0.849. The Morgan fingerprint density at radius 3 is 1.33 bits per heavy atom. The molecule has 2 heteroatoms. The van der Waals surface area contributed by atoms with Crippen molar-refractivity contribution >= 4 is 11.6 Å². The van der Waals surface area contributed by atoms with Gasteiger partial charge in [-0.3, -0.25) is 5.32 Å². The van der Waals surface area contributed by atoms with Gasteiger partial charge in [0, 0.05) is 5.88 Å².